The average molecular weight is 360 g/mol. The number of fused-ring (bicyclic) bond motifs is 1. The molecule has 0 saturated heterocycles. The zero-order valence-corrected chi connectivity index (χ0v) is 14.7. The van der Waals surface area contributed by atoms with Gasteiger partial charge in [-0.25, -0.2) is 5.43 Å². The van der Waals surface area contributed by atoms with E-state index in [1.54, 1.807) is 12.1 Å². The number of ether oxygens (including phenoxy) is 2. The molecule has 2 N–H and O–H groups in total. The molecule has 130 valence electrons. The lowest BCUT2D eigenvalue weighted by Crippen LogP contribution is -2.26. The van der Waals surface area contributed by atoms with Crippen molar-refractivity contribution in [3.63, 3.8) is 0 Å². The van der Waals surface area contributed by atoms with Crippen molar-refractivity contribution in [2.75, 3.05) is 18.7 Å². The summed E-state index contributed by atoms with van der Waals surface area (Å²) in [5.41, 5.74) is 6.24. The predicted octanol–water partition coefficient (Wildman–Crippen LogP) is 3.25. The normalized spacial score (nSPS) is 12.4. The van der Waals surface area contributed by atoms with Crippen molar-refractivity contribution >= 4 is 29.4 Å². The second kappa shape index (κ2) is 7.44. The molecule has 3 rings (SSSR count). The number of carbonyl (C=O) groups is 1. The third kappa shape index (κ3) is 4.03. The van der Waals surface area contributed by atoms with Gasteiger partial charge in [0.2, 0.25) is 6.79 Å². The standard InChI is InChI=1S/C18H18ClN3O3/c1-11-4-3-5-12(2)18(11)20-9-17(23)22-21-8-13-6-15-16(7-14(13)19)25-10-24-15/h3-8,20H,9-10H2,1-2H3,(H,22,23)/b21-8+. The zero-order valence-electron chi connectivity index (χ0n) is 13.9. The van der Waals surface area contributed by atoms with E-state index in [9.17, 15) is 4.79 Å². The predicted molar refractivity (Wildman–Crippen MR) is 97.7 cm³/mol. The summed E-state index contributed by atoms with van der Waals surface area (Å²) < 4.78 is 10.5. The highest BCUT2D eigenvalue weighted by Gasteiger charge is 2.15. The number of carbonyl (C=O) groups excluding carboxylic acids is 1. The first-order valence-corrected chi connectivity index (χ1v) is 8.13. The molecule has 1 aliphatic heterocycles. The maximum atomic E-state index is 11.9. The van der Waals surface area contributed by atoms with E-state index in [4.69, 9.17) is 21.1 Å². The lowest BCUT2D eigenvalue weighted by atomic mass is 10.1. The van der Waals surface area contributed by atoms with Crippen molar-refractivity contribution in [2.24, 2.45) is 5.10 Å². The van der Waals surface area contributed by atoms with E-state index in [2.05, 4.69) is 15.8 Å². The molecule has 0 spiro atoms. The Morgan fingerprint density at radius 2 is 1.92 bits per heavy atom. The number of hydrogen-bond donors (Lipinski definition) is 2. The largest absolute Gasteiger partial charge is 0.454 e. The van der Waals surface area contributed by atoms with Gasteiger partial charge in [0.15, 0.2) is 11.5 Å². The minimum Gasteiger partial charge on any atom is -0.454 e. The fourth-order valence-corrected chi connectivity index (χ4v) is 2.71. The topological polar surface area (TPSA) is 72.0 Å². The first kappa shape index (κ1) is 17.1. The average Bonchev–Trinajstić information content (AvgIpc) is 3.01. The summed E-state index contributed by atoms with van der Waals surface area (Å²) in [5.74, 6) is 0.952. The molecule has 0 unspecified atom stereocenters. The van der Waals surface area contributed by atoms with Crippen molar-refractivity contribution in [1.82, 2.24) is 5.43 Å². The van der Waals surface area contributed by atoms with Gasteiger partial charge in [-0.3, -0.25) is 4.79 Å². The number of aryl methyl sites for hydroxylation is 2. The van der Waals surface area contributed by atoms with Crippen LogP contribution in [-0.4, -0.2) is 25.5 Å². The number of rotatable bonds is 5. The van der Waals surface area contributed by atoms with Gasteiger partial charge in [0.25, 0.3) is 5.91 Å². The van der Waals surface area contributed by atoms with E-state index in [1.165, 1.54) is 6.21 Å². The highest BCUT2D eigenvalue weighted by atomic mass is 35.5. The smallest absolute Gasteiger partial charge is 0.259 e. The second-order valence-electron chi connectivity index (χ2n) is 5.64. The zero-order chi connectivity index (χ0) is 17.8. The van der Waals surface area contributed by atoms with Gasteiger partial charge in [0, 0.05) is 17.3 Å². The molecular formula is C18H18ClN3O3. The first-order chi connectivity index (χ1) is 12.0. The van der Waals surface area contributed by atoms with E-state index in [-0.39, 0.29) is 19.2 Å². The summed E-state index contributed by atoms with van der Waals surface area (Å²) in [6.07, 6.45) is 1.47. The monoisotopic (exact) mass is 359 g/mol. The number of anilines is 1. The molecule has 0 aromatic heterocycles. The van der Waals surface area contributed by atoms with Gasteiger partial charge in [0.1, 0.15) is 0 Å². The Hall–Kier alpha value is -2.73. The fraction of sp³-hybridized carbons (Fsp3) is 0.222. The first-order valence-electron chi connectivity index (χ1n) is 7.76. The molecule has 1 aliphatic rings. The molecular weight excluding hydrogens is 342 g/mol. The maximum Gasteiger partial charge on any atom is 0.259 e. The van der Waals surface area contributed by atoms with Crippen molar-refractivity contribution in [2.45, 2.75) is 13.8 Å². The number of hydrazone groups is 1. The Kier molecular flexibility index (Phi) is 5.09. The van der Waals surface area contributed by atoms with Crippen molar-refractivity contribution < 1.29 is 14.3 Å². The molecule has 0 saturated carbocycles. The van der Waals surface area contributed by atoms with Gasteiger partial charge in [-0.15, -0.1) is 0 Å². The van der Waals surface area contributed by atoms with E-state index < -0.39 is 0 Å². The van der Waals surface area contributed by atoms with Crippen LogP contribution in [0.25, 0.3) is 0 Å². The van der Waals surface area contributed by atoms with Gasteiger partial charge >= 0.3 is 0 Å². The Morgan fingerprint density at radius 3 is 2.64 bits per heavy atom. The van der Waals surface area contributed by atoms with Gasteiger partial charge in [-0.1, -0.05) is 29.8 Å². The van der Waals surface area contributed by atoms with Gasteiger partial charge in [-0.05, 0) is 31.0 Å². The van der Waals surface area contributed by atoms with E-state index in [0.717, 1.165) is 16.8 Å². The molecule has 6 nitrogen and oxygen atoms in total. The third-order valence-electron chi connectivity index (χ3n) is 3.79. The molecule has 1 heterocycles. The Bertz CT molecular complexity index is 816. The number of nitrogens with one attached hydrogen (secondary N) is 2. The molecule has 7 heteroatoms. The molecule has 0 fully saturated rings. The lowest BCUT2D eigenvalue weighted by molar-refractivity contribution is -0.119. The van der Waals surface area contributed by atoms with Crippen LogP contribution in [0.1, 0.15) is 16.7 Å². The molecule has 0 radical (unpaired) electrons. The van der Waals surface area contributed by atoms with Crippen LogP contribution >= 0.6 is 11.6 Å². The second-order valence-corrected chi connectivity index (χ2v) is 6.05. The highest BCUT2D eigenvalue weighted by Crippen LogP contribution is 2.36. The minimum absolute atomic E-state index is 0.123. The number of hydrogen-bond acceptors (Lipinski definition) is 5. The molecule has 0 bridgehead atoms. The van der Waals surface area contributed by atoms with Crippen LogP contribution in [0.4, 0.5) is 5.69 Å². The molecule has 0 atom stereocenters. The van der Waals surface area contributed by atoms with Crippen molar-refractivity contribution in [1.29, 1.82) is 0 Å². The van der Waals surface area contributed by atoms with E-state index in [0.29, 0.717) is 22.1 Å². The number of nitrogens with zero attached hydrogens (tertiary/aromatic N) is 1. The van der Waals surface area contributed by atoms with E-state index in [1.807, 2.05) is 32.0 Å². The van der Waals surface area contributed by atoms with Gasteiger partial charge in [0.05, 0.1) is 17.8 Å². The number of amides is 1. The molecule has 25 heavy (non-hydrogen) atoms. The van der Waals surface area contributed by atoms with Gasteiger partial charge < -0.3 is 14.8 Å². The summed E-state index contributed by atoms with van der Waals surface area (Å²) in [6.45, 7) is 4.28. The summed E-state index contributed by atoms with van der Waals surface area (Å²) in [6, 6.07) is 9.35. The Balaban J connectivity index is 1.57. The van der Waals surface area contributed by atoms with Crippen LogP contribution in [0, 0.1) is 13.8 Å². The Morgan fingerprint density at radius 1 is 1.24 bits per heavy atom. The minimum atomic E-state index is -0.254. The van der Waals surface area contributed by atoms with Crippen molar-refractivity contribution in [3.8, 4) is 11.5 Å². The van der Waals surface area contributed by atoms with E-state index >= 15 is 0 Å². The fourth-order valence-electron chi connectivity index (χ4n) is 2.51. The van der Waals surface area contributed by atoms with Crippen LogP contribution < -0.4 is 20.2 Å². The van der Waals surface area contributed by atoms with Gasteiger partial charge in [-0.2, -0.15) is 5.10 Å². The highest BCUT2D eigenvalue weighted by molar-refractivity contribution is 6.33. The number of para-hydroxylation sites is 1. The number of halogens is 1. The lowest BCUT2D eigenvalue weighted by Gasteiger charge is -2.11. The van der Waals surface area contributed by atoms with Crippen LogP contribution in [0.5, 0.6) is 11.5 Å². The SMILES string of the molecule is Cc1cccc(C)c1NCC(=O)N/N=C/c1cc2c(cc1Cl)OCO2. The summed E-state index contributed by atoms with van der Waals surface area (Å²) >= 11 is 6.15. The van der Waals surface area contributed by atoms with Crippen LogP contribution in [0.3, 0.4) is 0 Å². The summed E-state index contributed by atoms with van der Waals surface area (Å²) in [4.78, 5) is 11.9. The third-order valence-corrected chi connectivity index (χ3v) is 4.12. The molecule has 2 aromatic carbocycles. The maximum absolute atomic E-state index is 11.9. The molecule has 2 aromatic rings. The van der Waals surface area contributed by atoms with Crippen LogP contribution in [0.2, 0.25) is 5.02 Å². The van der Waals surface area contributed by atoms with Crippen LogP contribution in [0.15, 0.2) is 35.4 Å². The quantitative estimate of drug-likeness (QED) is 0.635. The molecule has 1 amide bonds. The summed E-state index contributed by atoms with van der Waals surface area (Å²) in [5, 5.41) is 7.53. The number of benzene rings is 2. The Labute approximate surface area is 150 Å². The van der Waals surface area contributed by atoms with Crippen LogP contribution in [-0.2, 0) is 4.79 Å². The van der Waals surface area contributed by atoms with Crippen molar-refractivity contribution in [3.05, 3.63) is 52.0 Å². The molecule has 0 aliphatic carbocycles. The summed E-state index contributed by atoms with van der Waals surface area (Å²) in [7, 11) is 0.